The van der Waals surface area contributed by atoms with E-state index in [1.807, 2.05) is 18.2 Å². The Hall–Kier alpha value is -0.730. The van der Waals surface area contributed by atoms with Gasteiger partial charge in [0.05, 0.1) is 0 Å². The van der Waals surface area contributed by atoms with Crippen LogP contribution in [0.4, 0.5) is 0 Å². The van der Waals surface area contributed by atoms with Crippen LogP contribution < -0.4 is 5.32 Å². The van der Waals surface area contributed by atoms with Gasteiger partial charge in [0.25, 0.3) is 0 Å². The van der Waals surface area contributed by atoms with Crippen molar-refractivity contribution in [2.75, 3.05) is 0 Å². The lowest BCUT2D eigenvalue weighted by atomic mass is 10.2. The molecule has 0 amide bonds. The van der Waals surface area contributed by atoms with Crippen molar-refractivity contribution in [1.82, 2.24) is 5.32 Å². The van der Waals surface area contributed by atoms with E-state index in [1.54, 1.807) is 6.07 Å². The maximum Gasteiger partial charge on any atom is 0.120 e. The van der Waals surface area contributed by atoms with E-state index >= 15 is 0 Å². The van der Waals surface area contributed by atoms with Crippen LogP contribution >= 0.6 is 12.4 Å². The van der Waals surface area contributed by atoms with Gasteiger partial charge in [-0.25, -0.2) is 0 Å². The summed E-state index contributed by atoms with van der Waals surface area (Å²) in [5.41, 5.74) is 0.961. The summed E-state index contributed by atoms with van der Waals surface area (Å²) in [6.07, 6.45) is 1.10. The van der Waals surface area contributed by atoms with Crippen molar-refractivity contribution in [1.29, 1.82) is 0 Å². The lowest BCUT2D eigenvalue weighted by Crippen LogP contribution is -2.24. The Morgan fingerprint density at radius 1 is 1.36 bits per heavy atom. The molecule has 0 saturated heterocycles. The first-order chi connectivity index (χ1) is 6.24. The van der Waals surface area contributed by atoms with Crippen LogP contribution in [-0.4, -0.2) is 11.1 Å². The van der Waals surface area contributed by atoms with Gasteiger partial charge in [-0.2, -0.15) is 0 Å². The van der Waals surface area contributed by atoms with Crippen molar-refractivity contribution >= 4 is 12.4 Å². The summed E-state index contributed by atoms with van der Waals surface area (Å²) in [4.78, 5) is 0. The minimum Gasteiger partial charge on any atom is -0.508 e. The van der Waals surface area contributed by atoms with Crippen LogP contribution in [0.15, 0.2) is 24.3 Å². The van der Waals surface area contributed by atoms with Crippen LogP contribution in [0.5, 0.6) is 5.75 Å². The van der Waals surface area contributed by atoms with E-state index < -0.39 is 0 Å². The highest BCUT2D eigenvalue weighted by Crippen LogP contribution is 2.15. The largest absolute Gasteiger partial charge is 0.508 e. The van der Waals surface area contributed by atoms with Gasteiger partial charge in [-0.15, -0.1) is 12.4 Å². The minimum atomic E-state index is 0. The predicted octanol–water partition coefficient (Wildman–Crippen LogP) is 2.70. The zero-order chi connectivity index (χ0) is 9.68. The fourth-order valence-corrected chi connectivity index (χ4v) is 1.09. The van der Waals surface area contributed by atoms with Gasteiger partial charge in [0.15, 0.2) is 0 Å². The third kappa shape index (κ3) is 3.99. The van der Waals surface area contributed by atoms with Crippen LogP contribution in [0.3, 0.4) is 0 Å². The van der Waals surface area contributed by atoms with E-state index in [4.69, 9.17) is 0 Å². The van der Waals surface area contributed by atoms with Gasteiger partial charge in [-0.05, 0) is 19.4 Å². The third-order valence-corrected chi connectivity index (χ3v) is 2.24. The van der Waals surface area contributed by atoms with E-state index in [0.29, 0.717) is 11.8 Å². The number of hydrogen-bond donors (Lipinski definition) is 2. The lowest BCUT2D eigenvalue weighted by molar-refractivity contribution is 0.457. The Morgan fingerprint density at radius 3 is 2.57 bits per heavy atom. The number of para-hydroxylation sites is 1. The Kier molecular flexibility index (Phi) is 6.34. The van der Waals surface area contributed by atoms with E-state index in [-0.39, 0.29) is 12.4 Å². The molecule has 1 atom stereocenters. The molecule has 1 unspecified atom stereocenters. The second-order valence-electron chi connectivity index (χ2n) is 3.32. The first-order valence-corrected chi connectivity index (χ1v) is 4.74. The molecule has 0 aliphatic carbocycles. The molecule has 0 aromatic heterocycles. The fourth-order valence-electron chi connectivity index (χ4n) is 1.09. The Balaban J connectivity index is 0.00000169. The highest BCUT2D eigenvalue weighted by atomic mass is 35.5. The predicted molar refractivity (Wildman–Crippen MR) is 61.9 cm³/mol. The monoisotopic (exact) mass is 215 g/mol. The summed E-state index contributed by atoms with van der Waals surface area (Å²) in [5, 5.41) is 12.8. The average Bonchev–Trinajstić information content (AvgIpc) is 2.16. The van der Waals surface area contributed by atoms with Crippen LogP contribution in [0, 0.1) is 0 Å². The van der Waals surface area contributed by atoms with Crippen LogP contribution in [0.25, 0.3) is 0 Å². The quantitative estimate of drug-likeness (QED) is 0.810. The molecule has 1 aromatic rings. The molecule has 3 heteroatoms. The Labute approximate surface area is 91.8 Å². The van der Waals surface area contributed by atoms with Crippen molar-refractivity contribution in [3.8, 4) is 5.75 Å². The summed E-state index contributed by atoms with van der Waals surface area (Å²) in [7, 11) is 0. The molecule has 0 fully saturated rings. The van der Waals surface area contributed by atoms with Gasteiger partial charge < -0.3 is 10.4 Å². The van der Waals surface area contributed by atoms with Crippen molar-refractivity contribution in [3.05, 3.63) is 29.8 Å². The number of aromatic hydroxyl groups is 1. The van der Waals surface area contributed by atoms with Crippen LogP contribution in [0.1, 0.15) is 25.8 Å². The first kappa shape index (κ1) is 13.3. The molecule has 0 spiro atoms. The van der Waals surface area contributed by atoms with E-state index in [0.717, 1.165) is 18.5 Å². The summed E-state index contributed by atoms with van der Waals surface area (Å²) in [6.45, 7) is 5.02. The second kappa shape index (κ2) is 6.68. The summed E-state index contributed by atoms with van der Waals surface area (Å²) < 4.78 is 0. The molecule has 80 valence electrons. The van der Waals surface area contributed by atoms with Gasteiger partial charge in [0.2, 0.25) is 0 Å². The summed E-state index contributed by atoms with van der Waals surface area (Å²) in [5.74, 6) is 0.373. The van der Waals surface area contributed by atoms with Crippen LogP contribution in [-0.2, 0) is 6.54 Å². The number of halogens is 1. The van der Waals surface area contributed by atoms with Gasteiger partial charge >= 0.3 is 0 Å². The maximum absolute atomic E-state index is 9.46. The minimum absolute atomic E-state index is 0. The van der Waals surface area contributed by atoms with E-state index in [2.05, 4.69) is 19.2 Å². The molecular weight excluding hydrogens is 198 g/mol. The van der Waals surface area contributed by atoms with Crippen molar-refractivity contribution < 1.29 is 5.11 Å². The normalized spacial score (nSPS) is 11.9. The van der Waals surface area contributed by atoms with Gasteiger partial charge in [-0.3, -0.25) is 0 Å². The topological polar surface area (TPSA) is 32.3 Å². The van der Waals surface area contributed by atoms with Crippen molar-refractivity contribution in [2.45, 2.75) is 32.9 Å². The molecular formula is C11H18ClNO. The first-order valence-electron chi connectivity index (χ1n) is 4.74. The van der Waals surface area contributed by atoms with E-state index in [9.17, 15) is 5.11 Å². The number of phenolic OH excluding ortho intramolecular Hbond substituents is 1. The molecule has 0 heterocycles. The standard InChI is InChI=1S/C11H17NO.ClH/c1-3-9(2)12-8-10-6-4-5-7-11(10)13;/h4-7,9,12-13H,3,8H2,1-2H3;1H. The molecule has 2 N–H and O–H groups in total. The smallest absolute Gasteiger partial charge is 0.120 e. The van der Waals surface area contributed by atoms with Crippen molar-refractivity contribution in [3.63, 3.8) is 0 Å². The van der Waals surface area contributed by atoms with Crippen LogP contribution in [0.2, 0.25) is 0 Å². The highest BCUT2D eigenvalue weighted by Gasteiger charge is 2.01. The molecule has 0 bridgehead atoms. The van der Waals surface area contributed by atoms with E-state index in [1.165, 1.54) is 0 Å². The highest BCUT2D eigenvalue weighted by molar-refractivity contribution is 5.85. The lowest BCUT2D eigenvalue weighted by Gasteiger charge is -2.11. The average molecular weight is 216 g/mol. The summed E-state index contributed by atoms with van der Waals surface area (Å²) in [6, 6.07) is 7.92. The van der Waals surface area contributed by atoms with Crippen molar-refractivity contribution in [2.24, 2.45) is 0 Å². The SMILES string of the molecule is CCC(C)NCc1ccccc1O.Cl. The molecule has 14 heavy (non-hydrogen) atoms. The maximum atomic E-state index is 9.46. The number of rotatable bonds is 4. The zero-order valence-electron chi connectivity index (χ0n) is 8.66. The Bertz CT molecular complexity index is 265. The number of benzene rings is 1. The second-order valence-corrected chi connectivity index (χ2v) is 3.32. The molecule has 0 aliphatic heterocycles. The summed E-state index contributed by atoms with van der Waals surface area (Å²) >= 11 is 0. The molecule has 2 nitrogen and oxygen atoms in total. The molecule has 0 aliphatic rings. The third-order valence-electron chi connectivity index (χ3n) is 2.24. The fraction of sp³-hybridized carbons (Fsp3) is 0.455. The number of phenols is 1. The zero-order valence-corrected chi connectivity index (χ0v) is 9.47. The number of hydrogen-bond acceptors (Lipinski definition) is 2. The molecule has 0 saturated carbocycles. The van der Waals surface area contributed by atoms with Gasteiger partial charge in [0, 0.05) is 18.2 Å². The molecule has 1 rings (SSSR count). The Morgan fingerprint density at radius 2 is 2.00 bits per heavy atom. The van der Waals surface area contributed by atoms with Gasteiger partial charge in [0.1, 0.15) is 5.75 Å². The van der Waals surface area contributed by atoms with Gasteiger partial charge in [-0.1, -0.05) is 25.1 Å². The number of nitrogens with one attached hydrogen (secondary N) is 1. The molecule has 0 radical (unpaired) electrons. The molecule has 1 aromatic carbocycles.